The summed E-state index contributed by atoms with van der Waals surface area (Å²) in [5.74, 6) is 0.966. The van der Waals surface area contributed by atoms with Crippen molar-refractivity contribution in [2.24, 2.45) is 0 Å². The SMILES string of the molecule is CCNCc1cccc(OCCN(C)C(C)CC)c1. The van der Waals surface area contributed by atoms with E-state index in [0.29, 0.717) is 6.04 Å². The highest BCUT2D eigenvalue weighted by atomic mass is 16.5. The van der Waals surface area contributed by atoms with Crippen LogP contribution in [-0.4, -0.2) is 37.7 Å². The molecule has 108 valence electrons. The maximum absolute atomic E-state index is 5.82. The van der Waals surface area contributed by atoms with Crippen LogP contribution in [0.2, 0.25) is 0 Å². The lowest BCUT2D eigenvalue weighted by molar-refractivity contribution is 0.196. The molecule has 1 unspecified atom stereocenters. The van der Waals surface area contributed by atoms with Gasteiger partial charge in [0.05, 0.1) is 0 Å². The molecule has 0 aliphatic carbocycles. The Labute approximate surface area is 118 Å². The van der Waals surface area contributed by atoms with Crippen molar-refractivity contribution in [3.05, 3.63) is 29.8 Å². The average molecular weight is 264 g/mol. The maximum Gasteiger partial charge on any atom is 0.119 e. The second kappa shape index (κ2) is 8.94. The van der Waals surface area contributed by atoms with Crippen molar-refractivity contribution >= 4 is 0 Å². The number of hydrogen-bond donors (Lipinski definition) is 1. The van der Waals surface area contributed by atoms with Gasteiger partial charge in [-0.25, -0.2) is 0 Å². The van der Waals surface area contributed by atoms with Crippen LogP contribution in [0.25, 0.3) is 0 Å². The number of ether oxygens (including phenoxy) is 1. The standard InChI is InChI=1S/C16H28N2O/c1-5-14(3)18(4)10-11-19-16-9-7-8-15(12-16)13-17-6-2/h7-9,12,14,17H,5-6,10-11,13H2,1-4H3. The number of nitrogens with one attached hydrogen (secondary N) is 1. The van der Waals surface area contributed by atoms with E-state index >= 15 is 0 Å². The quantitative estimate of drug-likeness (QED) is 0.742. The summed E-state index contributed by atoms with van der Waals surface area (Å²) in [7, 11) is 2.15. The summed E-state index contributed by atoms with van der Waals surface area (Å²) in [5, 5.41) is 3.32. The zero-order valence-electron chi connectivity index (χ0n) is 12.8. The third-order valence-corrected chi connectivity index (χ3v) is 3.53. The van der Waals surface area contributed by atoms with Crippen LogP contribution in [0.5, 0.6) is 5.75 Å². The Morgan fingerprint density at radius 3 is 2.79 bits per heavy atom. The largest absolute Gasteiger partial charge is 0.492 e. The van der Waals surface area contributed by atoms with E-state index in [9.17, 15) is 0 Å². The molecule has 19 heavy (non-hydrogen) atoms. The molecular formula is C16H28N2O. The van der Waals surface area contributed by atoms with Gasteiger partial charge in [0.2, 0.25) is 0 Å². The Morgan fingerprint density at radius 2 is 2.11 bits per heavy atom. The van der Waals surface area contributed by atoms with E-state index in [1.165, 1.54) is 12.0 Å². The summed E-state index contributed by atoms with van der Waals surface area (Å²) in [6.07, 6.45) is 1.18. The number of benzene rings is 1. The lowest BCUT2D eigenvalue weighted by atomic mass is 10.2. The highest BCUT2D eigenvalue weighted by Gasteiger charge is 2.06. The predicted molar refractivity (Wildman–Crippen MR) is 81.7 cm³/mol. The topological polar surface area (TPSA) is 24.5 Å². The molecule has 1 aromatic rings. The van der Waals surface area contributed by atoms with Gasteiger partial charge in [-0.2, -0.15) is 0 Å². The molecule has 1 N–H and O–H groups in total. The van der Waals surface area contributed by atoms with Crippen molar-refractivity contribution in [1.82, 2.24) is 10.2 Å². The van der Waals surface area contributed by atoms with E-state index in [-0.39, 0.29) is 0 Å². The zero-order chi connectivity index (χ0) is 14.1. The van der Waals surface area contributed by atoms with Crippen LogP contribution in [0, 0.1) is 0 Å². The van der Waals surface area contributed by atoms with Crippen LogP contribution in [0.4, 0.5) is 0 Å². The minimum atomic E-state index is 0.615. The molecule has 1 atom stereocenters. The number of hydrogen-bond acceptors (Lipinski definition) is 3. The highest BCUT2D eigenvalue weighted by Crippen LogP contribution is 2.13. The highest BCUT2D eigenvalue weighted by molar-refractivity contribution is 5.28. The Bertz CT molecular complexity index is 354. The first-order valence-electron chi connectivity index (χ1n) is 7.30. The lowest BCUT2D eigenvalue weighted by Gasteiger charge is -2.23. The maximum atomic E-state index is 5.82. The van der Waals surface area contributed by atoms with Crippen molar-refractivity contribution in [2.45, 2.75) is 39.8 Å². The van der Waals surface area contributed by atoms with E-state index in [1.54, 1.807) is 0 Å². The Balaban J connectivity index is 2.36. The van der Waals surface area contributed by atoms with Crippen molar-refractivity contribution in [2.75, 3.05) is 26.7 Å². The predicted octanol–water partition coefficient (Wildman–Crippen LogP) is 2.91. The van der Waals surface area contributed by atoms with E-state index in [2.05, 4.69) is 56.2 Å². The fourth-order valence-corrected chi connectivity index (χ4v) is 1.85. The molecule has 0 saturated heterocycles. The molecule has 0 bridgehead atoms. The molecule has 0 fully saturated rings. The minimum Gasteiger partial charge on any atom is -0.492 e. The minimum absolute atomic E-state index is 0.615. The number of likely N-dealkylation sites (N-methyl/N-ethyl adjacent to an activating group) is 1. The van der Waals surface area contributed by atoms with E-state index < -0.39 is 0 Å². The summed E-state index contributed by atoms with van der Waals surface area (Å²) in [6, 6.07) is 8.94. The molecule has 0 aliphatic rings. The fourth-order valence-electron chi connectivity index (χ4n) is 1.85. The van der Waals surface area contributed by atoms with Gasteiger partial charge < -0.3 is 15.0 Å². The lowest BCUT2D eigenvalue weighted by Crippen LogP contribution is -2.32. The summed E-state index contributed by atoms with van der Waals surface area (Å²) >= 11 is 0. The first-order valence-corrected chi connectivity index (χ1v) is 7.30. The Hall–Kier alpha value is -1.06. The molecule has 0 saturated carbocycles. The molecule has 1 rings (SSSR count). The monoisotopic (exact) mass is 264 g/mol. The van der Waals surface area contributed by atoms with Crippen molar-refractivity contribution in [3.63, 3.8) is 0 Å². The third kappa shape index (κ3) is 6.08. The van der Waals surface area contributed by atoms with Gasteiger partial charge >= 0.3 is 0 Å². The van der Waals surface area contributed by atoms with Gasteiger partial charge in [0.25, 0.3) is 0 Å². The molecule has 3 heteroatoms. The summed E-state index contributed by atoms with van der Waals surface area (Å²) in [5.41, 5.74) is 1.27. The van der Waals surface area contributed by atoms with Gasteiger partial charge in [0.1, 0.15) is 12.4 Å². The van der Waals surface area contributed by atoms with E-state index in [1.807, 2.05) is 6.07 Å². The molecular weight excluding hydrogens is 236 g/mol. The van der Waals surface area contributed by atoms with Crippen LogP contribution in [0.3, 0.4) is 0 Å². The molecule has 0 aromatic heterocycles. The Morgan fingerprint density at radius 1 is 1.32 bits per heavy atom. The second-order valence-electron chi connectivity index (χ2n) is 5.01. The van der Waals surface area contributed by atoms with Crippen LogP contribution in [0.15, 0.2) is 24.3 Å². The molecule has 0 radical (unpaired) electrons. The second-order valence-corrected chi connectivity index (χ2v) is 5.01. The van der Waals surface area contributed by atoms with Gasteiger partial charge in [0, 0.05) is 19.1 Å². The summed E-state index contributed by atoms with van der Waals surface area (Å²) in [6.45, 7) is 10.2. The zero-order valence-corrected chi connectivity index (χ0v) is 12.8. The average Bonchev–Trinajstić information content (AvgIpc) is 2.44. The van der Waals surface area contributed by atoms with Gasteiger partial charge in [-0.3, -0.25) is 0 Å². The smallest absolute Gasteiger partial charge is 0.119 e. The molecule has 0 amide bonds. The Kier molecular flexibility index (Phi) is 7.53. The van der Waals surface area contributed by atoms with E-state index in [0.717, 1.165) is 32.0 Å². The van der Waals surface area contributed by atoms with Crippen LogP contribution in [0.1, 0.15) is 32.8 Å². The van der Waals surface area contributed by atoms with Gasteiger partial charge in [-0.1, -0.05) is 26.0 Å². The summed E-state index contributed by atoms with van der Waals surface area (Å²) in [4.78, 5) is 2.34. The van der Waals surface area contributed by atoms with Crippen molar-refractivity contribution < 1.29 is 4.74 Å². The molecule has 0 spiro atoms. The number of rotatable bonds is 9. The number of nitrogens with zero attached hydrogens (tertiary/aromatic N) is 1. The first-order chi connectivity index (χ1) is 9.17. The van der Waals surface area contributed by atoms with Gasteiger partial charge in [0.15, 0.2) is 0 Å². The van der Waals surface area contributed by atoms with Gasteiger partial charge in [-0.15, -0.1) is 0 Å². The first kappa shape index (κ1) is 16.0. The van der Waals surface area contributed by atoms with Crippen molar-refractivity contribution in [3.8, 4) is 5.75 Å². The summed E-state index contributed by atoms with van der Waals surface area (Å²) < 4.78 is 5.82. The van der Waals surface area contributed by atoms with Crippen LogP contribution in [-0.2, 0) is 6.54 Å². The molecule has 3 nitrogen and oxygen atoms in total. The molecule has 0 aliphatic heterocycles. The molecule has 0 heterocycles. The van der Waals surface area contributed by atoms with Gasteiger partial charge in [-0.05, 0) is 44.6 Å². The third-order valence-electron chi connectivity index (χ3n) is 3.53. The van der Waals surface area contributed by atoms with E-state index in [4.69, 9.17) is 4.74 Å². The normalized spacial score (nSPS) is 12.7. The molecule has 1 aromatic carbocycles. The fraction of sp³-hybridized carbons (Fsp3) is 0.625. The van der Waals surface area contributed by atoms with Crippen molar-refractivity contribution in [1.29, 1.82) is 0 Å². The van der Waals surface area contributed by atoms with Crippen LogP contribution >= 0.6 is 0 Å². The van der Waals surface area contributed by atoms with Crippen LogP contribution < -0.4 is 10.1 Å².